The number of halogens is 1. The highest BCUT2D eigenvalue weighted by Gasteiger charge is 2.05. The summed E-state index contributed by atoms with van der Waals surface area (Å²) in [7, 11) is 0. The van der Waals surface area contributed by atoms with Crippen LogP contribution in [0.1, 0.15) is 5.56 Å². The number of anilines is 1. The molecule has 2 N–H and O–H groups in total. The van der Waals surface area contributed by atoms with Crippen LogP contribution in [0.5, 0.6) is 0 Å². The van der Waals surface area contributed by atoms with Crippen LogP contribution in [0, 0.1) is 0 Å². The van der Waals surface area contributed by atoms with Gasteiger partial charge in [-0.2, -0.15) is 0 Å². The molecule has 0 saturated carbocycles. The average molecular weight is 312 g/mol. The molecule has 110 valence electrons. The number of hydrogen-bond acceptors (Lipinski definition) is 2. The Kier molecular flexibility index (Phi) is 4.21. The number of aromatic nitrogens is 1. The molecular weight excluding hydrogens is 298 g/mol. The molecule has 0 saturated heterocycles. The molecule has 2 aromatic carbocycles. The number of carbonyl (C=O) groups excluding carboxylic acids is 1. The minimum Gasteiger partial charge on any atom is -0.334 e. The second kappa shape index (κ2) is 6.45. The lowest BCUT2D eigenvalue weighted by atomic mass is 10.1. The molecule has 0 aliphatic carbocycles. The predicted molar refractivity (Wildman–Crippen MR) is 89.1 cm³/mol. The van der Waals surface area contributed by atoms with Crippen LogP contribution < -0.4 is 10.6 Å². The van der Waals surface area contributed by atoms with Gasteiger partial charge >= 0.3 is 6.03 Å². The second-order valence-electron chi connectivity index (χ2n) is 4.84. The molecular formula is C17H14ClN3O. The van der Waals surface area contributed by atoms with Crippen molar-refractivity contribution >= 4 is 34.1 Å². The number of rotatable bonds is 3. The topological polar surface area (TPSA) is 54.0 Å². The van der Waals surface area contributed by atoms with E-state index in [0.717, 1.165) is 22.0 Å². The smallest absolute Gasteiger partial charge is 0.319 e. The van der Waals surface area contributed by atoms with Crippen LogP contribution in [-0.2, 0) is 6.54 Å². The van der Waals surface area contributed by atoms with Crippen molar-refractivity contribution in [2.45, 2.75) is 6.54 Å². The van der Waals surface area contributed by atoms with Gasteiger partial charge in [0.1, 0.15) is 0 Å². The van der Waals surface area contributed by atoms with E-state index in [-0.39, 0.29) is 6.03 Å². The number of fused-ring (bicyclic) bond motifs is 1. The molecule has 2 amide bonds. The van der Waals surface area contributed by atoms with Crippen molar-refractivity contribution in [3.63, 3.8) is 0 Å². The SMILES string of the molecule is O=C(NCc1ccc(Cl)cc1)Nc1cccc2cnccc12. The number of amides is 2. The minimum absolute atomic E-state index is 0.251. The van der Waals surface area contributed by atoms with Crippen molar-refractivity contribution < 1.29 is 4.79 Å². The highest BCUT2D eigenvalue weighted by atomic mass is 35.5. The molecule has 0 bridgehead atoms. The zero-order valence-electron chi connectivity index (χ0n) is 11.7. The lowest BCUT2D eigenvalue weighted by molar-refractivity contribution is 0.252. The molecule has 0 fully saturated rings. The normalized spacial score (nSPS) is 10.4. The van der Waals surface area contributed by atoms with E-state index in [9.17, 15) is 4.79 Å². The zero-order valence-corrected chi connectivity index (χ0v) is 12.5. The number of urea groups is 1. The number of nitrogens with zero attached hydrogens (tertiary/aromatic N) is 1. The third-order valence-corrected chi connectivity index (χ3v) is 3.55. The summed E-state index contributed by atoms with van der Waals surface area (Å²) in [6.07, 6.45) is 3.48. The molecule has 0 aliphatic heterocycles. The number of nitrogens with one attached hydrogen (secondary N) is 2. The van der Waals surface area contributed by atoms with Gasteiger partial charge in [-0.3, -0.25) is 4.98 Å². The number of pyridine rings is 1. The van der Waals surface area contributed by atoms with Crippen LogP contribution in [0.3, 0.4) is 0 Å². The van der Waals surface area contributed by atoms with Crippen molar-refractivity contribution in [3.05, 3.63) is 71.5 Å². The molecule has 22 heavy (non-hydrogen) atoms. The molecule has 4 nitrogen and oxygen atoms in total. The minimum atomic E-state index is -0.251. The molecule has 3 rings (SSSR count). The maximum absolute atomic E-state index is 12.0. The fourth-order valence-corrected chi connectivity index (χ4v) is 2.31. The average Bonchev–Trinajstić information content (AvgIpc) is 2.55. The Morgan fingerprint density at radius 3 is 2.73 bits per heavy atom. The third kappa shape index (κ3) is 3.35. The van der Waals surface area contributed by atoms with Crippen LogP contribution in [0.4, 0.5) is 10.5 Å². The third-order valence-electron chi connectivity index (χ3n) is 3.30. The van der Waals surface area contributed by atoms with E-state index in [1.807, 2.05) is 36.4 Å². The number of hydrogen-bond donors (Lipinski definition) is 2. The first kappa shape index (κ1) is 14.4. The van der Waals surface area contributed by atoms with Crippen molar-refractivity contribution in [2.24, 2.45) is 0 Å². The summed E-state index contributed by atoms with van der Waals surface area (Å²) in [5.74, 6) is 0. The summed E-state index contributed by atoms with van der Waals surface area (Å²) in [5, 5.41) is 8.31. The van der Waals surface area contributed by atoms with Crippen LogP contribution >= 0.6 is 11.6 Å². The molecule has 0 atom stereocenters. The molecule has 3 aromatic rings. The summed E-state index contributed by atoms with van der Waals surface area (Å²) in [5.41, 5.74) is 1.75. The fourth-order valence-electron chi connectivity index (χ4n) is 2.18. The summed E-state index contributed by atoms with van der Waals surface area (Å²) in [6, 6.07) is 14.7. The van der Waals surface area contributed by atoms with Crippen LogP contribution in [0.15, 0.2) is 60.9 Å². The zero-order chi connectivity index (χ0) is 15.4. The van der Waals surface area contributed by atoms with E-state index >= 15 is 0 Å². The fraction of sp³-hybridized carbons (Fsp3) is 0.0588. The predicted octanol–water partition coefficient (Wildman–Crippen LogP) is 4.21. The Balaban J connectivity index is 1.67. The number of carbonyl (C=O) groups is 1. The molecule has 0 aliphatic rings. The van der Waals surface area contributed by atoms with Gasteiger partial charge in [-0.1, -0.05) is 35.9 Å². The van der Waals surface area contributed by atoms with Gasteiger partial charge in [0.15, 0.2) is 0 Å². The van der Waals surface area contributed by atoms with Crippen molar-refractivity contribution in [1.82, 2.24) is 10.3 Å². The maximum atomic E-state index is 12.0. The Labute approximate surface area is 133 Å². The quantitative estimate of drug-likeness (QED) is 0.761. The van der Waals surface area contributed by atoms with Crippen molar-refractivity contribution in [3.8, 4) is 0 Å². The van der Waals surface area contributed by atoms with Crippen molar-refractivity contribution in [1.29, 1.82) is 0 Å². The van der Waals surface area contributed by atoms with E-state index in [4.69, 9.17) is 11.6 Å². The van der Waals surface area contributed by atoms with Gasteiger partial charge in [0, 0.05) is 34.7 Å². The maximum Gasteiger partial charge on any atom is 0.319 e. The van der Waals surface area contributed by atoms with Crippen LogP contribution in [-0.4, -0.2) is 11.0 Å². The summed E-state index contributed by atoms with van der Waals surface area (Å²) >= 11 is 5.83. The summed E-state index contributed by atoms with van der Waals surface area (Å²) in [6.45, 7) is 0.440. The first-order valence-corrected chi connectivity index (χ1v) is 7.22. The first-order chi connectivity index (χ1) is 10.7. The number of benzene rings is 2. The molecule has 1 heterocycles. The molecule has 0 spiro atoms. The van der Waals surface area contributed by atoms with Gasteiger partial charge < -0.3 is 10.6 Å². The Morgan fingerprint density at radius 2 is 1.91 bits per heavy atom. The van der Waals surface area contributed by atoms with E-state index in [2.05, 4.69) is 15.6 Å². The van der Waals surface area contributed by atoms with Gasteiger partial charge in [-0.25, -0.2) is 4.79 Å². The lowest BCUT2D eigenvalue weighted by Gasteiger charge is -2.10. The van der Waals surface area contributed by atoms with Crippen molar-refractivity contribution in [2.75, 3.05) is 5.32 Å². The molecule has 0 radical (unpaired) electrons. The lowest BCUT2D eigenvalue weighted by Crippen LogP contribution is -2.28. The Morgan fingerprint density at radius 1 is 1.09 bits per heavy atom. The van der Waals surface area contributed by atoms with Gasteiger partial charge in [-0.05, 0) is 29.8 Å². The summed E-state index contributed by atoms with van der Waals surface area (Å²) < 4.78 is 0. The molecule has 5 heteroatoms. The molecule has 0 unspecified atom stereocenters. The Bertz CT molecular complexity index is 797. The van der Waals surface area contributed by atoms with Gasteiger partial charge in [0.2, 0.25) is 0 Å². The standard InChI is InChI=1S/C17H14ClN3O/c18-14-6-4-12(5-7-14)10-20-17(22)21-16-3-1-2-13-11-19-9-8-15(13)16/h1-9,11H,10H2,(H2,20,21,22). The second-order valence-corrected chi connectivity index (χ2v) is 5.27. The van der Waals surface area contributed by atoms with E-state index < -0.39 is 0 Å². The van der Waals surface area contributed by atoms with Crippen LogP contribution in [0.25, 0.3) is 10.8 Å². The highest BCUT2D eigenvalue weighted by molar-refractivity contribution is 6.30. The van der Waals surface area contributed by atoms with Gasteiger partial charge in [0.05, 0.1) is 5.69 Å². The molecule has 1 aromatic heterocycles. The van der Waals surface area contributed by atoms with E-state index in [0.29, 0.717) is 11.6 Å². The Hall–Kier alpha value is -2.59. The summed E-state index contributed by atoms with van der Waals surface area (Å²) in [4.78, 5) is 16.1. The van der Waals surface area contributed by atoms with E-state index in [1.165, 1.54) is 0 Å². The largest absolute Gasteiger partial charge is 0.334 e. The van der Waals surface area contributed by atoms with Gasteiger partial charge in [0.25, 0.3) is 0 Å². The van der Waals surface area contributed by atoms with E-state index in [1.54, 1.807) is 24.5 Å². The highest BCUT2D eigenvalue weighted by Crippen LogP contribution is 2.21. The van der Waals surface area contributed by atoms with Crippen LogP contribution in [0.2, 0.25) is 5.02 Å². The monoisotopic (exact) mass is 311 g/mol. The van der Waals surface area contributed by atoms with Gasteiger partial charge in [-0.15, -0.1) is 0 Å². The first-order valence-electron chi connectivity index (χ1n) is 6.84.